The molecule has 2 aromatic carbocycles. The topological polar surface area (TPSA) is 32.6 Å². The van der Waals surface area contributed by atoms with Gasteiger partial charge in [-0.25, -0.2) is 0 Å². The second kappa shape index (κ2) is 5.59. The molecule has 102 valence electrons. The van der Waals surface area contributed by atoms with Gasteiger partial charge in [0.1, 0.15) is 6.23 Å². The predicted molar refractivity (Wildman–Crippen MR) is 82.8 cm³/mol. The fourth-order valence-electron chi connectivity index (χ4n) is 2.64. The molecule has 1 aliphatic heterocycles. The van der Waals surface area contributed by atoms with Crippen molar-refractivity contribution in [3.05, 3.63) is 60.2 Å². The third kappa shape index (κ3) is 2.81. The van der Waals surface area contributed by atoms with Crippen molar-refractivity contribution >= 4 is 5.71 Å². The van der Waals surface area contributed by atoms with E-state index in [4.69, 9.17) is 0 Å². The van der Waals surface area contributed by atoms with Gasteiger partial charge in [-0.15, -0.1) is 0 Å². The van der Waals surface area contributed by atoms with E-state index in [2.05, 4.69) is 53.5 Å². The van der Waals surface area contributed by atoms with Crippen LogP contribution in [0.3, 0.4) is 0 Å². The third-order valence-corrected chi connectivity index (χ3v) is 3.85. The van der Waals surface area contributed by atoms with Gasteiger partial charge in [0, 0.05) is 18.1 Å². The normalized spacial score (nSPS) is 21.8. The number of aliphatic hydroxyl groups excluding tert-OH is 1. The Balaban J connectivity index is 1.73. The Morgan fingerprint density at radius 3 is 2.25 bits per heavy atom. The summed E-state index contributed by atoms with van der Waals surface area (Å²) in [6.45, 7) is 2.04. The quantitative estimate of drug-likeness (QED) is 0.901. The molecule has 20 heavy (non-hydrogen) atoms. The Labute approximate surface area is 119 Å². The van der Waals surface area contributed by atoms with Crippen LogP contribution in [0.4, 0.5) is 0 Å². The zero-order valence-corrected chi connectivity index (χ0v) is 11.7. The zero-order chi connectivity index (χ0) is 13.9. The van der Waals surface area contributed by atoms with Gasteiger partial charge in [0.2, 0.25) is 0 Å². The van der Waals surface area contributed by atoms with Crippen molar-refractivity contribution in [1.82, 2.24) is 0 Å². The van der Waals surface area contributed by atoms with Crippen LogP contribution in [-0.4, -0.2) is 17.0 Å². The lowest BCUT2D eigenvalue weighted by Crippen LogP contribution is -2.08. The van der Waals surface area contributed by atoms with E-state index >= 15 is 0 Å². The lowest BCUT2D eigenvalue weighted by molar-refractivity contribution is 0.141. The highest BCUT2D eigenvalue weighted by Crippen LogP contribution is 2.23. The summed E-state index contributed by atoms with van der Waals surface area (Å²) < 4.78 is 0. The van der Waals surface area contributed by atoms with Crippen molar-refractivity contribution in [2.24, 2.45) is 10.9 Å². The average molecular weight is 265 g/mol. The lowest BCUT2D eigenvalue weighted by atomic mass is 9.99. The highest BCUT2D eigenvalue weighted by Gasteiger charge is 2.22. The Morgan fingerprint density at radius 1 is 1.00 bits per heavy atom. The summed E-state index contributed by atoms with van der Waals surface area (Å²) in [4.78, 5) is 4.32. The monoisotopic (exact) mass is 265 g/mol. The molecule has 1 aliphatic rings. The molecule has 0 aliphatic carbocycles. The molecule has 0 bridgehead atoms. The van der Waals surface area contributed by atoms with E-state index in [1.165, 1.54) is 16.7 Å². The maximum atomic E-state index is 9.65. The number of nitrogens with zero attached hydrogens (tertiary/aromatic N) is 1. The molecule has 1 N–H and O–H groups in total. The van der Waals surface area contributed by atoms with Crippen molar-refractivity contribution in [1.29, 1.82) is 0 Å². The van der Waals surface area contributed by atoms with Crippen LogP contribution in [0.25, 0.3) is 11.1 Å². The number of aliphatic imine (C=N–C) groups is 1. The molecule has 0 amide bonds. The summed E-state index contributed by atoms with van der Waals surface area (Å²) in [6.07, 6.45) is 1.24. The Hall–Kier alpha value is -1.93. The Kier molecular flexibility index (Phi) is 3.66. The number of hydrogen-bond acceptors (Lipinski definition) is 2. The molecule has 0 spiro atoms. The van der Waals surface area contributed by atoms with Crippen LogP contribution in [0.2, 0.25) is 0 Å². The minimum absolute atomic E-state index is 0.258. The van der Waals surface area contributed by atoms with E-state index in [0.29, 0.717) is 0 Å². The molecule has 2 nitrogen and oxygen atoms in total. The second-order valence-corrected chi connectivity index (χ2v) is 5.53. The number of rotatable bonds is 3. The molecule has 0 radical (unpaired) electrons. The summed E-state index contributed by atoms with van der Waals surface area (Å²) >= 11 is 0. The molecule has 1 heterocycles. The molecule has 3 rings (SSSR count). The standard InChI is InChI=1S/C18H19NO/c1-13-11-17(19-18(13)20)12-14-7-9-16(10-8-14)15-5-3-2-4-6-15/h2-10,13,18,20H,11-12H2,1H3. The first-order chi connectivity index (χ1) is 9.72. The van der Waals surface area contributed by atoms with Crippen molar-refractivity contribution in [3.8, 4) is 11.1 Å². The van der Waals surface area contributed by atoms with E-state index in [0.717, 1.165) is 18.6 Å². The first-order valence-electron chi connectivity index (χ1n) is 7.10. The molecule has 0 fully saturated rings. The fourth-order valence-corrected chi connectivity index (χ4v) is 2.64. The highest BCUT2D eigenvalue weighted by molar-refractivity contribution is 5.88. The smallest absolute Gasteiger partial charge is 0.147 e. The summed E-state index contributed by atoms with van der Waals surface area (Å²) in [7, 11) is 0. The van der Waals surface area contributed by atoms with E-state index in [-0.39, 0.29) is 5.92 Å². The number of hydrogen-bond donors (Lipinski definition) is 1. The molecule has 2 atom stereocenters. The van der Waals surface area contributed by atoms with Crippen LogP contribution in [0.5, 0.6) is 0 Å². The van der Waals surface area contributed by atoms with E-state index in [9.17, 15) is 5.11 Å². The molecule has 2 aromatic rings. The molecule has 0 saturated carbocycles. The SMILES string of the molecule is CC1CC(Cc2ccc(-c3ccccc3)cc2)=NC1O. The molecule has 0 aromatic heterocycles. The lowest BCUT2D eigenvalue weighted by Gasteiger charge is -2.05. The van der Waals surface area contributed by atoms with Crippen LogP contribution in [0.1, 0.15) is 18.9 Å². The Morgan fingerprint density at radius 2 is 1.65 bits per heavy atom. The van der Waals surface area contributed by atoms with Gasteiger partial charge in [-0.3, -0.25) is 4.99 Å². The van der Waals surface area contributed by atoms with E-state index in [1.807, 2.05) is 13.0 Å². The summed E-state index contributed by atoms with van der Waals surface area (Å²) in [5.74, 6) is 0.258. The van der Waals surface area contributed by atoms with Crippen LogP contribution < -0.4 is 0 Å². The number of benzene rings is 2. The average Bonchev–Trinajstić information content (AvgIpc) is 2.79. The number of aliphatic hydroxyl groups is 1. The molecule has 2 heteroatoms. The summed E-state index contributed by atoms with van der Waals surface area (Å²) in [6, 6.07) is 19.0. The van der Waals surface area contributed by atoms with Crippen molar-refractivity contribution < 1.29 is 5.11 Å². The predicted octanol–water partition coefficient (Wildman–Crippen LogP) is 3.70. The van der Waals surface area contributed by atoms with Crippen molar-refractivity contribution in [2.75, 3.05) is 0 Å². The first kappa shape index (κ1) is 13.1. The minimum atomic E-state index is -0.506. The first-order valence-corrected chi connectivity index (χ1v) is 7.10. The van der Waals surface area contributed by atoms with E-state index in [1.54, 1.807) is 0 Å². The molecule has 2 unspecified atom stereocenters. The zero-order valence-electron chi connectivity index (χ0n) is 11.7. The van der Waals surface area contributed by atoms with Gasteiger partial charge in [0.15, 0.2) is 0 Å². The van der Waals surface area contributed by atoms with Crippen molar-refractivity contribution in [3.63, 3.8) is 0 Å². The van der Waals surface area contributed by atoms with Gasteiger partial charge >= 0.3 is 0 Å². The highest BCUT2D eigenvalue weighted by atomic mass is 16.3. The van der Waals surface area contributed by atoms with E-state index < -0.39 is 6.23 Å². The summed E-state index contributed by atoms with van der Waals surface area (Å²) in [5.41, 5.74) is 4.83. The van der Waals surface area contributed by atoms with Gasteiger partial charge in [-0.1, -0.05) is 61.5 Å². The minimum Gasteiger partial charge on any atom is -0.372 e. The van der Waals surface area contributed by atoms with Crippen LogP contribution in [-0.2, 0) is 6.42 Å². The van der Waals surface area contributed by atoms with Gasteiger partial charge in [0.25, 0.3) is 0 Å². The molecule has 0 saturated heterocycles. The summed E-state index contributed by atoms with van der Waals surface area (Å²) in [5, 5.41) is 9.65. The van der Waals surface area contributed by atoms with Crippen LogP contribution in [0, 0.1) is 5.92 Å². The fraction of sp³-hybridized carbons (Fsp3) is 0.278. The maximum Gasteiger partial charge on any atom is 0.147 e. The van der Waals surface area contributed by atoms with Crippen molar-refractivity contribution in [2.45, 2.75) is 26.0 Å². The van der Waals surface area contributed by atoms with Gasteiger partial charge < -0.3 is 5.11 Å². The van der Waals surface area contributed by atoms with Gasteiger partial charge in [-0.2, -0.15) is 0 Å². The maximum absolute atomic E-state index is 9.65. The Bertz CT molecular complexity index is 601. The van der Waals surface area contributed by atoms with Crippen LogP contribution in [0.15, 0.2) is 59.6 Å². The van der Waals surface area contributed by atoms with Crippen LogP contribution >= 0.6 is 0 Å². The second-order valence-electron chi connectivity index (χ2n) is 5.53. The third-order valence-electron chi connectivity index (χ3n) is 3.85. The molecular weight excluding hydrogens is 246 g/mol. The molecular formula is C18H19NO. The van der Waals surface area contributed by atoms with Gasteiger partial charge in [-0.05, 0) is 23.1 Å². The van der Waals surface area contributed by atoms with Gasteiger partial charge in [0.05, 0.1) is 0 Å². The largest absolute Gasteiger partial charge is 0.372 e.